The predicted octanol–water partition coefficient (Wildman–Crippen LogP) is 12.0. The molecule has 0 spiro atoms. The fourth-order valence-electron chi connectivity index (χ4n) is 3.93. The summed E-state index contributed by atoms with van der Waals surface area (Å²) >= 11 is 0. The molecular formula is C35H78O2. The van der Waals surface area contributed by atoms with Crippen LogP contribution in [0.15, 0.2) is 0 Å². The summed E-state index contributed by atoms with van der Waals surface area (Å²) in [5.74, 6) is 7.42. The molecule has 2 aliphatic heterocycles. The van der Waals surface area contributed by atoms with Gasteiger partial charge in [0.1, 0.15) is 0 Å². The molecule has 0 aromatic carbocycles. The monoisotopic (exact) mass is 531 g/mol. The topological polar surface area (TPSA) is 18.5 Å². The second-order valence-corrected chi connectivity index (χ2v) is 11.3. The Balaban J connectivity index is -0.000000180. The summed E-state index contributed by atoms with van der Waals surface area (Å²) in [5.41, 5.74) is 0. The minimum atomic E-state index is 0.817. The zero-order valence-electron chi connectivity index (χ0n) is 29.2. The van der Waals surface area contributed by atoms with Crippen molar-refractivity contribution in [3.63, 3.8) is 0 Å². The van der Waals surface area contributed by atoms with Crippen molar-refractivity contribution in [3.8, 4) is 0 Å². The van der Waals surface area contributed by atoms with E-state index in [4.69, 9.17) is 9.47 Å². The van der Waals surface area contributed by atoms with Crippen LogP contribution in [0.4, 0.5) is 0 Å². The smallest absolute Gasteiger partial charge is 0.0518 e. The van der Waals surface area contributed by atoms with Crippen molar-refractivity contribution >= 4 is 0 Å². The van der Waals surface area contributed by atoms with Gasteiger partial charge in [-0.2, -0.15) is 0 Å². The lowest BCUT2D eigenvalue weighted by atomic mass is 9.78. The predicted molar refractivity (Wildman–Crippen MR) is 173 cm³/mol. The maximum Gasteiger partial charge on any atom is 0.0518 e. The molecule has 230 valence electrons. The van der Waals surface area contributed by atoms with Gasteiger partial charge in [0.2, 0.25) is 0 Å². The van der Waals surface area contributed by atoms with Crippen LogP contribution in [0.2, 0.25) is 0 Å². The largest absolute Gasteiger partial charge is 0.381 e. The first-order valence-electron chi connectivity index (χ1n) is 16.9. The second-order valence-electron chi connectivity index (χ2n) is 11.3. The Labute approximate surface area is 238 Å². The van der Waals surface area contributed by atoms with Crippen molar-refractivity contribution in [2.75, 3.05) is 26.4 Å². The highest BCUT2D eigenvalue weighted by molar-refractivity contribution is 4.72. The van der Waals surface area contributed by atoms with Gasteiger partial charge in [0.25, 0.3) is 0 Å². The summed E-state index contributed by atoms with van der Waals surface area (Å²) in [6.07, 6.45) is 10.2. The Hall–Kier alpha value is -0.0800. The van der Waals surface area contributed by atoms with Gasteiger partial charge < -0.3 is 9.47 Å². The van der Waals surface area contributed by atoms with E-state index in [2.05, 4.69) is 55.4 Å². The zero-order chi connectivity index (χ0) is 29.8. The van der Waals surface area contributed by atoms with E-state index in [-0.39, 0.29) is 0 Å². The molecule has 2 heterocycles. The van der Waals surface area contributed by atoms with Crippen molar-refractivity contribution in [1.29, 1.82) is 0 Å². The van der Waals surface area contributed by atoms with E-state index in [0.717, 1.165) is 73.8 Å². The summed E-state index contributed by atoms with van der Waals surface area (Å²) in [6, 6.07) is 0. The van der Waals surface area contributed by atoms with E-state index in [1.807, 2.05) is 55.4 Å². The minimum Gasteiger partial charge on any atom is -0.381 e. The summed E-state index contributed by atoms with van der Waals surface area (Å²) in [4.78, 5) is 0. The van der Waals surface area contributed by atoms with E-state index in [1.54, 1.807) is 0 Å². The molecule has 2 nitrogen and oxygen atoms in total. The molecule has 0 aromatic heterocycles. The molecule has 2 saturated carbocycles. The highest BCUT2D eigenvalue weighted by Gasteiger charge is 2.21. The summed E-state index contributed by atoms with van der Waals surface area (Å²) in [6.45, 7) is 38.3. The van der Waals surface area contributed by atoms with Crippen LogP contribution < -0.4 is 0 Å². The average Bonchev–Trinajstić information content (AvgIpc) is 3.32. The normalized spacial score (nSPS) is 19.9. The fraction of sp³-hybridized carbons (Fsp3) is 1.00. The van der Waals surface area contributed by atoms with Gasteiger partial charge in [0.15, 0.2) is 0 Å². The highest BCUT2D eigenvalue weighted by Crippen LogP contribution is 2.33. The Kier molecular flexibility index (Phi) is 38.2. The molecule has 4 aliphatic rings. The van der Waals surface area contributed by atoms with Gasteiger partial charge >= 0.3 is 0 Å². The molecule has 0 radical (unpaired) electrons. The van der Waals surface area contributed by atoms with Crippen LogP contribution in [0, 0.1) is 47.3 Å². The van der Waals surface area contributed by atoms with Crippen LogP contribution in [0.3, 0.4) is 0 Å². The standard InChI is InChI=1S/C7H14O.2C7H14.C6H12O.4C2H6/c1-6(2)7-3-4-8-5-7;2*1-6(2)7-4-3-5-7;1-5(2)6-3-7-4-6;4*1-2/h6-7H,3-5H2,1-2H3;2*6-7H,3-5H2,1-2H3;5-6H,3-4H2,1-2H3;4*1-2H3. The SMILES string of the molecule is CC.CC.CC.CC.CC(C)C1CCC1.CC(C)C1CCC1.CC(C)C1CCOC1.CC(C)C1COC1. The molecular weight excluding hydrogens is 452 g/mol. The van der Waals surface area contributed by atoms with Crippen LogP contribution in [0.5, 0.6) is 0 Å². The summed E-state index contributed by atoms with van der Waals surface area (Å²) in [5, 5.41) is 0. The molecule has 2 heteroatoms. The first-order chi connectivity index (χ1) is 17.7. The number of hydrogen-bond acceptors (Lipinski definition) is 2. The maximum atomic E-state index is 5.22. The average molecular weight is 531 g/mol. The van der Waals surface area contributed by atoms with Crippen molar-refractivity contribution in [2.24, 2.45) is 47.3 Å². The van der Waals surface area contributed by atoms with Gasteiger partial charge in [-0.3, -0.25) is 0 Å². The molecule has 2 saturated heterocycles. The van der Waals surface area contributed by atoms with Crippen LogP contribution in [0.1, 0.15) is 156 Å². The van der Waals surface area contributed by atoms with E-state index in [9.17, 15) is 0 Å². The first kappa shape index (κ1) is 44.0. The molecule has 4 fully saturated rings. The highest BCUT2D eigenvalue weighted by atomic mass is 16.5. The Morgan fingerprint density at radius 1 is 0.378 bits per heavy atom. The van der Waals surface area contributed by atoms with Gasteiger partial charge in [0.05, 0.1) is 13.2 Å². The van der Waals surface area contributed by atoms with Crippen LogP contribution in [0.25, 0.3) is 0 Å². The van der Waals surface area contributed by atoms with E-state index in [1.165, 1.54) is 44.9 Å². The molecule has 4 rings (SSSR count). The summed E-state index contributed by atoms with van der Waals surface area (Å²) < 4.78 is 10.2. The molecule has 37 heavy (non-hydrogen) atoms. The molecule has 0 aromatic rings. The van der Waals surface area contributed by atoms with Gasteiger partial charge in [-0.1, -0.05) is 149 Å². The molecule has 0 bridgehead atoms. The van der Waals surface area contributed by atoms with Crippen molar-refractivity contribution < 1.29 is 9.47 Å². The Morgan fingerprint density at radius 3 is 0.730 bits per heavy atom. The van der Waals surface area contributed by atoms with Gasteiger partial charge in [0, 0.05) is 19.1 Å². The lowest BCUT2D eigenvalue weighted by molar-refractivity contribution is -0.0534. The number of hydrogen-bond donors (Lipinski definition) is 0. The third-order valence-corrected chi connectivity index (χ3v) is 7.70. The summed E-state index contributed by atoms with van der Waals surface area (Å²) in [7, 11) is 0. The van der Waals surface area contributed by atoms with Crippen molar-refractivity contribution in [1.82, 2.24) is 0 Å². The van der Waals surface area contributed by atoms with Crippen LogP contribution in [-0.2, 0) is 9.47 Å². The zero-order valence-corrected chi connectivity index (χ0v) is 29.2. The Bertz CT molecular complexity index is 328. The lowest BCUT2D eigenvalue weighted by Crippen LogP contribution is -2.31. The van der Waals surface area contributed by atoms with Crippen molar-refractivity contribution in [2.45, 2.75) is 156 Å². The second kappa shape index (κ2) is 32.1. The molecule has 1 atom stereocenters. The van der Waals surface area contributed by atoms with Crippen molar-refractivity contribution in [3.05, 3.63) is 0 Å². The third kappa shape index (κ3) is 24.7. The minimum absolute atomic E-state index is 0.817. The molecule has 0 N–H and O–H groups in total. The number of ether oxygens (including phenoxy) is 2. The molecule has 0 amide bonds. The third-order valence-electron chi connectivity index (χ3n) is 7.70. The van der Waals surface area contributed by atoms with Gasteiger partial charge in [-0.25, -0.2) is 0 Å². The van der Waals surface area contributed by atoms with E-state index >= 15 is 0 Å². The van der Waals surface area contributed by atoms with E-state index < -0.39 is 0 Å². The Morgan fingerprint density at radius 2 is 0.676 bits per heavy atom. The molecule has 1 unspecified atom stereocenters. The quantitative estimate of drug-likeness (QED) is 0.360. The first-order valence-corrected chi connectivity index (χ1v) is 16.9. The van der Waals surface area contributed by atoms with Crippen LogP contribution in [-0.4, -0.2) is 26.4 Å². The lowest BCUT2D eigenvalue weighted by Gasteiger charge is -2.29. The van der Waals surface area contributed by atoms with E-state index in [0.29, 0.717) is 0 Å². The van der Waals surface area contributed by atoms with Crippen LogP contribution >= 0.6 is 0 Å². The maximum absolute atomic E-state index is 5.22. The number of rotatable bonds is 4. The molecule has 2 aliphatic carbocycles. The fourth-order valence-corrected chi connectivity index (χ4v) is 3.93. The van der Waals surface area contributed by atoms with Gasteiger partial charge in [-0.05, 0) is 47.8 Å². The van der Waals surface area contributed by atoms with Gasteiger partial charge in [-0.15, -0.1) is 0 Å².